The Labute approximate surface area is 143 Å². The van der Waals surface area contributed by atoms with Gasteiger partial charge in [0.2, 0.25) is 5.89 Å². The quantitative estimate of drug-likeness (QED) is 0.482. The fourth-order valence-electron chi connectivity index (χ4n) is 2.17. The smallest absolute Gasteiger partial charge is 0.237 e. The van der Waals surface area contributed by atoms with Crippen molar-refractivity contribution in [1.82, 2.24) is 24.9 Å². The number of rotatable bonds is 7. The topological polar surface area (TPSA) is 78.9 Å². The predicted molar refractivity (Wildman–Crippen MR) is 90.8 cm³/mol. The van der Waals surface area contributed by atoms with Gasteiger partial charge in [-0.1, -0.05) is 23.0 Å². The molecule has 0 amide bonds. The number of aryl methyl sites for hydroxylation is 1. The van der Waals surface area contributed by atoms with Gasteiger partial charge in [0, 0.05) is 12.1 Å². The lowest BCUT2D eigenvalue weighted by molar-refractivity contribution is 0.387. The summed E-state index contributed by atoms with van der Waals surface area (Å²) in [5.74, 6) is 3.31. The summed E-state index contributed by atoms with van der Waals surface area (Å²) in [6.07, 6.45) is 1.82. The molecule has 0 N–H and O–H groups in total. The zero-order chi connectivity index (χ0) is 16.9. The number of benzene rings is 1. The van der Waals surface area contributed by atoms with Crippen LogP contribution in [0.4, 0.5) is 0 Å². The lowest BCUT2D eigenvalue weighted by Gasteiger charge is -2.07. The summed E-state index contributed by atoms with van der Waals surface area (Å²) in [5, 5.41) is 13.2. The summed E-state index contributed by atoms with van der Waals surface area (Å²) in [6, 6.07) is 7.71. The Hall–Kier alpha value is -2.61. The van der Waals surface area contributed by atoms with E-state index < -0.39 is 0 Å². The molecule has 3 aromatic rings. The molecule has 0 radical (unpaired) electrons. The number of allylic oxidation sites excluding steroid dienone is 1. The van der Waals surface area contributed by atoms with Crippen molar-refractivity contribution >= 4 is 11.8 Å². The molecule has 0 saturated carbocycles. The van der Waals surface area contributed by atoms with Crippen LogP contribution in [0.2, 0.25) is 0 Å². The van der Waals surface area contributed by atoms with Crippen molar-refractivity contribution in [2.75, 3.05) is 7.11 Å². The fourth-order valence-corrected chi connectivity index (χ4v) is 2.95. The van der Waals surface area contributed by atoms with Crippen LogP contribution in [-0.4, -0.2) is 32.0 Å². The second-order valence-corrected chi connectivity index (χ2v) is 5.90. The normalized spacial score (nSPS) is 10.8. The van der Waals surface area contributed by atoms with E-state index in [0.717, 1.165) is 22.3 Å². The van der Waals surface area contributed by atoms with Gasteiger partial charge in [-0.25, -0.2) is 0 Å². The summed E-state index contributed by atoms with van der Waals surface area (Å²) in [7, 11) is 1.64. The van der Waals surface area contributed by atoms with Gasteiger partial charge in [0.25, 0.3) is 0 Å². The van der Waals surface area contributed by atoms with E-state index in [0.29, 0.717) is 24.0 Å². The molecule has 0 aliphatic carbocycles. The molecule has 8 heteroatoms. The summed E-state index contributed by atoms with van der Waals surface area (Å²) in [4.78, 5) is 4.20. The zero-order valence-corrected chi connectivity index (χ0v) is 14.3. The highest BCUT2D eigenvalue weighted by molar-refractivity contribution is 7.98. The maximum absolute atomic E-state index is 5.19. The van der Waals surface area contributed by atoms with Crippen LogP contribution in [0.3, 0.4) is 0 Å². The third-order valence-corrected chi connectivity index (χ3v) is 4.22. The van der Waals surface area contributed by atoms with E-state index in [1.807, 2.05) is 34.9 Å². The van der Waals surface area contributed by atoms with Gasteiger partial charge in [0.05, 0.1) is 12.9 Å². The van der Waals surface area contributed by atoms with Crippen molar-refractivity contribution < 1.29 is 9.26 Å². The van der Waals surface area contributed by atoms with E-state index in [4.69, 9.17) is 9.26 Å². The van der Waals surface area contributed by atoms with Gasteiger partial charge in [-0.05, 0) is 31.2 Å². The van der Waals surface area contributed by atoms with Crippen LogP contribution < -0.4 is 4.74 Å². The van der Waals surface area contributed by atoms with Crippen LogP contribution >= 0.6 is 11.8 Å². The standard InChI is InChI=1S/C16H17N5O2S/c1-4-9-21-15(12-5-7-13(22-3)8-6-12)18-19-16(21)24-10-14-17-11(2)20-23-14/h4-8H,1,9-10H2,2-3H3. The second-order valence-electron chi connectivity index (χ2n) is 4.96. The Morgan fingerprint density at radius 1 is 1.29 bits per heavy atom. The van der Waals surface area contributed by atoms with Crippen LogP contribution in [0.25, 0.3) is 11.4 Å². The van der Waals surface area contributed by atoms with Gasteiger partial charge in [0.15, 0.2) is 16.8 Å². The largest absolute Gasteiger partial charge is 0.497 e. The maximum Gasteiger partial charge on any atom is 0.237 e. The van der Waals surface area contributed by atoms with E-state index >= 15 is 0 Å². The molecule has 0 aliphatic heterocycles. The SMILES string of the molecule is C=CCn1c(SCc2nc(C)no2)nnc1-c1ccc(OC)cc1. The van der Waals surface area contributed by atoms with Crippen LogP contribution in [0, 0.1) is 6.92 Å². The second kappa shape index (κ2) is 7.31. The van der Waals surface area contributed by atoms with Crippen LogP contribution in [0.15, 0.2) is 46.6 Å². The molecule has 0 fully saturated rings. The summed E-state index contributed by atoms with van der Waals surface area (Å²) < 4.78 is 12.3. The molecule has 0 atom stereocenters. The van der Waals surface area contributed by atoms with Crippen LogP contribution in [0.5, 0.6) is 5.75 Å². The van der Waals surface area contributed by atoms with Crippen LogP contribution in [-0.2, 0) is 12.3 Å². The number of hydrogen-bond donors (Lipinski definition) is 0. The molecular weight excluding hydrogens is 326 g/mol. The van der Waals surface area contributed by atoms with Crippen molar-refractivity contribution in [3.63, 3.8) is 0 Å². The molecule has 3 rings (SSSR count). The first-order valence-electron chi connectivity index (χ1n) is 7.31. The van der Waals surface area contributed by atoms with Gasteiger partial charge in [-0.2, -0.15) is 4.98 Å². The maximum atomic E-state index is 5.19. The van der Waals surface area contributed by atoms with Crippen molar-refractivity contribution in [1.29, 1.82) is 0 Å². The minimum Gasteiger partial charge on any atom is -0.497 e. The fraction of sp³-hybridized carbons (Fsp3) is 0.250. The highest BCUT2D eigenvalue weighted by Crippen LogP contribution is 2.27. The number of hydrogen-bond acceptors (Lipinski definition) is 7. The lowest BCUT2D eigenvalue weighted by atomic mass is 10.2. The Morgan fingerprint density at radius 2 is 2.08 bits per heavy atom. The molecule has 0 saturated heterocycles. The van der Waals surface area contributed by atoms with Crippen molar-refractivity contribution in [2.24, 2.45) is 0 Å². The number of aromatic nitrogens is 5. The molecule has 2 heterocycles. The average molecular weight is 343 g/mol. The molecule has 7 nitrogen and oxygen atoms in total. The molecule has 24 heavy (non-hydrogen) atoms. The number of methoxy groups -OCH3 is 1. The van der Waals surface area contributed by atoms with Gasteiger partial charge >= 0.3 is 0 Å². The molecule has 0 unspecified atom stereocenters. The van der Waals surface area contributed by atoms with E-state index in [-0.39, 0.29) is 0 Å². The van der Waals surface area contributed by atoms with Crippen LogP contribution in [0.1, 0.15) is 11.7 Å². The molecular formula is C16H17N5O2S. The first kappa shape index (κ1) is 16.3. The molecule has 0 bridgehead atoms. The first-order valence-corrected chi connectivity index (χ1v) is 8.30. The van der Waals surface area contributed by atoms with E-state index in [2.05, 4.69) is 26.9 Å². The van der Waals surface area contributed by atoms with Gasteiger partial charge in [0.1, 0.15) is 5.75 Å². The summed E-state index contributed by atoms with van der Waals surface area (Å²) >= 11 is 1.50. The lowest BCUT2D eigenvalue weighted by Crippen LogP contribution is -2.00. The summed E-state index contributed by atoms with van der Waals surface area (Å²) in [6.45, 7) is 6.22. The highest BCUT2D eigenvalue weighted by atomic mass is 32.2. The third kappa shape index (κ3) is 3.48. The van der Waals surface area contributed by atoms with E-state index in [1.54, 1.807) is 14.0 Å². The predicted octanol–water partition coefficient (Wildman–Crippen LogP) is 3.12. The first-order chi connectivity index (χ1) is 11.7. The summed E-state index contributed by atoms with van der Waals surface area (Å²) in [5.41, 5.74) is 0.964. The highest BCUT2D eigenvalue weighted by Gasteiger charge is 2.15. The van der Waals surface area contributed by atoms with Crippen molar-refractivity contribution in [3.8, 4) is 17.1 Å². The minimum absolute atomic E-state index is 0.540. The van der Waals surface area contributed by atoms with Gasteiger partial charge in [-0.15, -0.1) is 16.8 Å². The zero-order valence-electron chi connectivity index (χ0n) is 13.5. The Kier molecular flexibility index (Phi) is 4.95. The molecule has 2 aromatic heterocycles. The molecule has 124 valence electrons. The Balaban J connectivity index is 1.84. The molecule has 0 spiro atoms. The molecule has 0 aliphatic rings. The van der Waals surface area contributed by atoms with E-state index in [9.17, 15) is 0 Å². The Bertz CT molecular complexity index is 825. The number of ether oxygens (including phenoxy) is 1. The Morgan fingerprint density at radius 3 is 2.71 bits per heavy atom. The van der Waals surface area contributed by atoms with Crippen molar-refractivity contribution in [2.45, 2.75) is 24.4 Å². The monoisotopic (exact) mass is 343 g/mol. The number of nitrogens with zero attached hydrogens (tertiary/aromatic N) is 5. The van der Waals surface area contributed by atoms with Gasteiger partial charge in [-0.3, -0.25) is 4.57 Å². The number of thioether (sulfide) groups is 1. The average Bonchev–Trinajstić information content (AvgIpc) is 3.20. The molecule has 1 aromatic carbocycles. The van der Waals surface area contributed by atoms with Crippen molar-refractivity contribution in [3.05, 3.63) is 48.6 Å². The third-order valence-electron chi connectivity index (χ3n) is 3.27. The minimum atomic E-state index is 0.540. The van der Waals surface area contributed by atoms with Gasteiger partial charge < -0.3 is 9.26 Å². The van der Waals surface area contributed by atoms with E-state index in [1.165, 1.54) is 11.8 Å².